The molecule has 0 atom stereocenters. The summed E-state index contributed by atoms with van der Waals surface area (Å²) in [4.78, 5) is 2.71. The second-order valence-corrected chi connectivity index (χ2v) is 2.73. The van der Waals surface area contributed by atoms with Crippen LogP contribution in [0.2, 0.25) is 5.02 Å². The van der Waals surface area contributed by atoms with Gasteiger partial charge in [0, 0.05) is 6.07 Å². The molecule has 0 unspecified atom stereocenters. The fourth-order valence-electron chi connectivity index (χ4n) is 0.825. The average molecular weight is 212 g/mol. The zero-order chi connectivity index (χ0) is 10.6. The highest BCUT2D eigenvalue weighted by atomic mass is 35.5. The van der Waals surface area contributed by atoms with Crippen LogP contribution in [0.5, 0.6) is 5.75 Å². The van der Waals surface area contributed by atoms with Gasteiger partial charge in [-0.1, -0.05) is 17.5 Å². The van der Waals surface area contributed by atoms with Gasteiger partial charge >= 0.3 is 5.69 Å². The summed E-state index contributed by atoms with van der Waals surface area (Å²) in [5.74, 6) is 1.68. The van der Waals surface area contributed by atoms with Crippen molar-refractivity contribution in [2.75, 3.05) is 6.61 Å². The maximum atomic E-state index is 12.9. The average Bonchev–Trinajstić information content (AvgIpc) is 2.17. The van der Waals surface area contributed by atoms with Gasteiger partial charge in [-0.05, 0) is 0 Å². The van der Waals surface area contributed by atoms with Gasteiger partial charge in [0.1, 0.15) is 12.4 Å². The lowest BCUT2D eigenvalue weighted by atomic mass is 10.3. The first-order valence-corrected chi connectivity index (χ1v) is 3.97. The molecular formula is C9H5ClFN2O+. The molecular weight excluding hydrogens is 207 g/mol. The summed E-state index contributed by atoms with van der Waals surface area (Å²) < 4.78 is 17.9. The van der Waals surface area contributed by atoms with E-state index in [0.717, 1.165) is 12.1 Å². The summed E-state index contributed by atoms with van der Waals surface area (Å²) >= 11 is 5.64. The van der Waals surface area contributed by atoms with Crippen LogP contribution in [0.1, 0.15) is 0 Å². The molecule has 0 spiro atoms. The monoisotopic (exact) mass is 211 g/mol. The lowest BCUT2D eigenvalue weighted by Crippen LogP contribution is -1.94. The van der Waals surface area contributed by atoms with Gasteiger partial charge in [0.15, 0.2) is 4.98 Å². The Labute approximate surface area is 85.1 Å². The molecule has 0 aliphatic heterocycles. The van der Waals surface area contributed by atoms with Crippen molar-refractivity contribution in [3.8, 4) is 18.1 Å². The molecule has 1 aromatic rings. The van der Waals surface area contributed by atoms with E-state index in [9.17, 15) is 4.39 Å². The summed E-state index contributed by atoms with van der Waals surface area (Å²) in [5.41, 5.74) is -0.249. The number of terminal acetylenes is 1. The second kappa shape index (κ2) is 4.45. The molecule has 5 heteroatoms. The number of nitrogens with zero attached hydrogens (tertiary/aromatic N) is 2. The number of ether oxygens (including phenoxy) is 1. The van der Waals surface area contributed by atoms with Crippen molar-refractivity contribution in [3.05, 3.63) is 27.9 Å². The fourth-order valence-corrected chi connectivity index (χ4v) is 1.03. The predicted molar refractivity (Wildman–Crippen MR) is 50.5 cm³/mol. The number of hydrogen-bond donors (Lipinski definition) is 0. The molecule has 70 valence electrons. The highest BCUT2D eigenvalue weighted by Gasteiger charge is 2.18. The molecule has 0 fully saturated rings. The van der Waals surface area contributed by atoms with Gasteiger partial charge in [-0.15, -0.1) is 6.42 Å². The van der Waals surface area contributed by atoms with Crippen molar-refractivity contribution >= 4 is 17.3 Å². The van der Waals surface area contributed by atoms with E-state index in [2.05, 4.69) is 10.9 Å². The summed E-state index contributed by atoms with van der Waals surface area (Å²) in [6, 6.07) is 2.15. The fraction of sp³-hybridized carbons (Fsp3) is 0.111. The molecule has 14 heavy (non-hydrogen) atoms. The third-order valence-corrected chi connectivity index (χ3v) is 1.72. The summed E-state index contributed by atoms with van der Waals surface area (Å²) in [7, 11) is 0. The summed E-state index contributed by atoms with van der Waals surface area (Å²) in [5, 5.41) is 8.48. The van der Waals surface area contributed by atoms with Crippen LogP contribution in [0.4, 0.5) is 10.1 Å². The summed E-state index contributed by atoms with van der Waals surface area (Å²) in [6.07, 6.45) is 4.96. The molecule has 0 bridgehead atoms. The van der Waals surface area contributed by atoms with Crippen LogP contribution in [-0.2, 0) is 0 Å². The maximum Gasteiger partial charge on any atom is 0.424 e. The highest BCUT2D eigenvalue weighted by Crippen LogP contribution is 2.31. The number of hydrogen-bond acceptors (Lipinski definition) is 2. The topological polar surface area (TPSA) is 37.4 Å². The number of diazo groups is 1. The Morgan fingerprint density at radius 1 is 1.64 bits per heavy atom. The van der Waals surface area contributed by atoms with Crippen molar-refractivity contribution in [2.45, 2.75) is 0 Å². The van der Waals surface area contributed by atoms with Crippen LogP contribution >= 0.6 is 11.6 Å². The van der Waals surface area contributed by atoms with Crippen LogP contribution < -0.4 is 4.74 Å². The Hall–Kier alpha value is -1.78. The first-order chi connectivity index (χ1) is 6.69. The number of halogens is 2. The third kappa shape index (κ3) is 2.12. The lowest BCUT2D eigenvalue weighted by Gasteiger charge is -2.02. The molecule has 3 nitrogen and oxygen atoms in total. The SMILES string of the molecule is C#CCOc1cc([N+]#N)c(F)cc1Cl. The van der Waals surface area contributed by atoms with Gasteiger partial charge in [0.25, 0.3) is 0 Å². The number of benzene rings is 1. The van der Waals surface area contributed by atoms with Gasteiger partial charge in [-0.25, -0.2) is 0 Å². The van der Waals surface area contributed by atoms with E-state index >= 15 is 0 Å². The molecule has 0 saturated heterocycles. The Balaban J connectivity index is 3.07. The van der Waals surface area contributed by atoms with Crippen molar-refractivity contribution in [2.24, 2.45) is 0 Å². The molecule has 0 N–H and O–H groups in total. The smallest absolute Gasteiger partial charge is 0.424 e. The van der Waals surface area contributed by atoms with Crippen molar-refractivity contribution in [3.63, 3.8) is 0 Å². The standard InChI is InChI=1S/C9H5ClFN2O/c1-2-3-14-9-5-8(13-12)7(11)4-6(9)10/h1,4-5H,3H2/q+1. The Kier molecular flexibility index (Phi) is 3.28. The van der Waals surface area contributed by atoms with E-state index in [4.69, 9.17) is 28.2 Å². The zero-order valence-electron chi connectivity index (χ0n) is 7.00. The molecule has 0 radical (unpaired) electrons. The minimum Gasteiger partial charge on any atom is -0.479 e. The van der Waals surface area contributed by atoms with E-state index in [1.165, 1.54) is 0 Å². The van der Waals surface area contributed by atoms with Crippen LogP contribution in [0.15, 0.2) is 12.1 Å². The highest BCUT2D eigenvalue weighted by molar-refractivity contribution is 6.32. The molecule has 0 aliphatic rings. The maximum absolute atomic E-state index is 12.9. The minimum atomic E-state index is -0.731. The normalized spacial score (nSPS) is 8.86. The third-order valence-electron chi connectivity index (χ3n) is 1.42. The van der Waals surface area contributed by atoms with Crippen LogP contribution in [0, 0.1) is 23.6 Å². The van der Waals surface area contributed by atoms with Gasteiger partial charge in [0.2, 0.25) is 11.2 Å². The van der Waals surface area contributed by atoms with Gasteiger partial charge in [-0.3, -0.25) is 0 Å². The van der Waals surface area contributed by atoms with Gasteiger partial charge in [0.05, 0.1) is 11.1 Å². The molecule has 0 saturated carbocycles. The summed E-state index contributed by atoms with van der Waals surface area (Å²) in [6.45, 7) is 0.0101. The molecule has 0 aromatic heterocycles. The quantitative estimate of drug-likeness (QED) is 0.557. The van der Waals surface area contributed by atoms with Crippen LogP contribution in [-0.4, -0.2) is 6.61 Å². The number of rotatable bonds is 2. The van der Waals surface area contributed by atoms with E-state index in [0.29, 0.717) is 0 Å². The van der Waals surface area contributed by atoms with Crippen LogP contribution in [0.3, 0.4) is 0 Å². The first kappa shape index (κ1) is 10.3. The largest absolute Gasteiger partial charge is 0.479 e. The van der Waals surface area contributed by atoms with Crippen LogP contribution in [0.25, 0.3) is 4.98 Å². The van der Waals surface area contributed by atoms with Crippen molar-refractivity contribution < 1.29 is 9.13 Å². The van der Waals surface area contributed by atoms with E-state index in [-0.39, 0.29) is 23.1 Å². The molecule has 1 aromatic carbocycles. The minimum absolute atomic E-state index is 0.0101. The van der Waals surface area contributed by atoms with Crippen molar-refractivity contribution in [1.29, 1.82) is 5.39 Å². The molecule has 0 amide bonds. The Bertz CT molecular complexity index is 434. The second-order valence-electron chi connectivity index (χ2n) is 2.33. The molecule has 0 heterocycles. The first-order valence-electron chi connectivity index (χ1n) is 3.59. The van der Waals surface area contributed by atoms with E-state index in [1.807, 2.05) is 0 Å². The van der Waals surface area contributed by atoms with Gasteiger partial charge < -0.3 is 4.74 Å². The van der Waals surface area contributed by atoms with Crippen molar-refractivity contribution in [1.82, 2.24) is 0 Å². The Morgan fingerprint density at radius 2 is 2.36 bits per heavy atom. The van der Waals surface area contributed by atoms with Gasteiger partial charge in [-0.2, -0.15) is 4.39 Å². The molecule has 0 aliphatic carbocycles. The zero-order valence-corrected chi connectivity index (χ0v) is 7.75. The molecule has 1 rings (SSSR count). The van der Waals surface area contributed by atoms with E-state index in [1.54, 1.807) is 0 Å². The van der Waals surface area contributed by atoms with E-state index < -0.39 is 5.82 Å². The lowest BCUT2D eigenvalue weighted by molar-refractivity contribution is 0.370. The predicted octanol–water partition coefficient (Wildman–Crippen LogP) is 2.98. The Morgan fingerprint density at radius 3 is 2.93 bits per heavy atom.